The van der Waals surface area contributed by atoms with Crippen molar-refractivity contribution in [3.63, 3.8) is 0 Å². The summed E-state index contributed by atoms with van der Waals surface area (Å²) in [7, 11) is 0. The van der Waals surface area contributed by atoms with Crippen molar-refractivity contribution >= 4 is 0 Å². The lowest BCUT2D eigenvalue weighted by Crippen LogP contribution is -2.39. The molecule has 0 radical (unpaired) electrons. The Kier molecular flexibility index (Phi) is 3.68. The van der Waals surface area contributed by atoms with Crippen LogP contribution in [-0.4, -0.2) is 49.1 Å². The second kappa shape index (κ2) is 4.57. The van der Waals surface area contributed by atoms with Crippen LogP contribution in [0.3, 0.4) is 0 Å². The Morgan fingerprint density at radius 3 is 2.67 bits per heavy atom. The number of hydrogen-bond donors (Lipinski definition) is 2. The summed E-state index contributed by atoms with van der Waals surface area (Å²) in [5.74, 6) is 0. The quantitative estimate of drug-likeness (QED) is 0.430. The van der Waals surface area contributed by atoms with Crippen LogP contribution in [-0.2, 0) is 4.74 Å². The third kappa shape index (κ3) is 2.91. The molecule has 70 valence electrons. The molecule has 0 bridgehead atoms. The zero-order chi connectivity index (χ0) is 8.97. The van der Waals surface area contributed by atoms with E-state index in [1.807, 2.05) is 0 Å². The van der Waals surface area contributed by atoms with Crippen molar-refractivity contribution in [3.05, 3.63) is 12.2 Å². The Labute approximate surface area is 72.6 Å². The van der Waals surface area contributed by atoms with Crippen LogP contribution in [0, 0.1) is 0 Å². The SMILES string of the molecule is C=C(CN1CCOCC1)[C@@H](N)O. The van der Waals surface area contributed by atoms with Gasteiger partial charge in [0.1, 0.15) is 6.23 Å². The van der Waals surface area contributed by atoms with Gasteiger partial charge in [0.25, 0.3) is 0 Å². The summed E-state index contributed by atoms with van der Waals surface area (Å²) in [6, 6.07) is 0. The molecule has 0 unspecified atom stereocenters. The molecule has 12 heavy (non-hydrogen) atoms. The number of morpholine rings is 1. The number of ether oxygens (including phenoxy) is 1. The van der Waals surface area contributed by atoms with Crippen molar-refractivity contribution in [2.24, 2.45) is 5.73 Å². The van der Waals surface area contributed by atoms with Crippen LogP contribution in [0.15, 0.2) is 12.2 Å². The monoisotopic (exact) mass is 172 g/mol. The van der Waals surface area contributed by atoms with E-state index in [4.69, 9.17) is 15.6 Å². The third-order valence-corrected chi connectivity index (χ3v) is 1.95. The number of aliphatic hydroxyl groups excluding tert-OH is 1. The van der Waals surface area contributed by atoms with E-state index in [-0.39, 0.29) is 0 Å². The lowest BCUT2D eigenvalue weighted by Gasteiger charge is -2.27. The fourth-order valence-corrected chi connectivity index (χ4v) is 1.14. The lowest BCUT2D eigenvalue weighted by molar-refractivity contribution is 0.0396. The van der Waals surface area contributed by atoms with E-state index in [0.717, 1.165) is 26.3 Å². The predicted octanol–water partition coefficient (Wildman–Crippen LogP) is -0.848. The highest BCUT2D eigenvalue weighted by Gasteiger charge is 2.12. The summed E-state index contributed by atoms with van der Waals surface area (Å²) in [5, 5.41) is 8.97. The molecule has 1 atom stereocenters. The summed E-state index contributed by atoms with van der Waals surface area (Å²) in [6.45, 7) is 7.66. The van der Waals surface area contributed by atoms with Crippen LogP contribution in [0.1, 0.15) is 0 Å². The lowest BCUT2D eigenvalue weighted by atomic mass is 10.2. The summed E-state index contributed by atoms with van der Waals surface area (Å²) in [6.07, 6.45) is -0.896. The Morgan fingerprint density at radius 1 is 1.58 bits per heavy atom. The number of nitrogens with zero attached hydrogens (tertiary/aromatic N) is 1. The molecule has 1 saturated heterocycles. The normalized spacial score (nSPS) is 22.2. The molecule has 0 amide bonds. The van der Waals surface area contributed by atoms with E-state index in [1.165, 1.54) is 0 Å². The molecule has 0 aromatic carbocycles. The van der Waals surface area contributed by atoms with Gasteiger partial charge in [0.2, 0.25) is 0 Å². The molecular formula is C8H16N2O2. The highest BCUT2D eigenvalue weighted by atomic mass is 16.5. The van der Waals surface area contributed by atoms with Gasteiger partial charge in [0.05, 0.1) is 13.2 Å². The standard InChI is InChI=1S/C8H16N2O2/c1-7(8(9)11)6-10-2-4-12-5-3-10/h8,11H,1-6,9H2/t8-/m0/s1. The van der Waals surface area contributed by atoms with Crippen molar-refractivity contribution in [2.75, 3.05) is 32.8 Å². The Hall–Kier alpha value is -0.420. The average molecular weight is 172 g/mol. The van der Waals surface area contributed by atoms with Crippen molar-refractivity contribution in [3.8, 4) is 0 Å². The summed E-state index contributed by atoms with van der Waals surface area (Å²) < 4.78 is 5.18. The molecule has 1 rings (SSSR count). The molecular weight excluding hydrogens is 156 g/mol. The molecule has 1 fully saturated rings. The van der Waals surface area contributed by atoms with Gasteiger partial charge >= 0.3 is 0 Å². The third-order valence-electron chi connectivity index (χ3n) is 1.95. The Morgan fingerprint density at radius 2 is 2.17 bits per heavy atom. The molecule has 0 aliphatic carbocycles. The second-order valence-corrected chi connectivity index (χ2v) is 2.99. The van der Waals surface area contributed by atoms with Crippen LogP contribution in [0.2, 0.25) is 0 Å². The van der Waals surface area contributed by atoms with E-state index in [1.54, 1.807) is 0 Å². The first kappa shape index (κ1) is 9.67. The first-order chi connectivity index (χ1) is 5.70. The zero-order valence-corrected chi connectivity index (χ0v) is 7.20. The molecule has 0 aromatic rings. The number of rotatable bonds is 3. The van der Waals surface area contributed by atoms with Crippen molar-refractivity contribution < 1.29 is 9.84 Å². The first-order valence-corrected chi connectivity index (χ1v) is 4.11. The smallest absolute Gasteiger partial charge is 0.125 e. The van der Waals surface area contributed by atoms with Gasteiger partial charge in [-0.15, -0.1) is 0 Å². The van der Waals surface area contributed by atoms with Gasteiger partial charge in [0, 0.05) is 19.6 Å². The van der Waals surface area contributed by atoms with Gasteiger partial charge < -0.3 is 15.6 Å². The number of aliphatic hydroxyl groups is 1. The van der Waals surface area contributed by atoms with E-state index >= 15 is 0 Å². The van der Waals surface area contributed by atoms with E-state index < -0.39 is 6.23 Å². The molecule has 0 saturated carbocycles. The van der Waals surface area contributed by atoms with E-state index in [0.29, 0.717) is 12.1 Å². The summed E-state index contributed by atoms with van der Waals surface area (Å²) in [5.41, 5.74) is 5.91. The maximum atomic E-state index is 8.97. The fraction of sp³-hybridized carbons (Fsp3) is 0.750. The average Bonchev–Trinajstić information content (AvgIpc) is 2.06. The maximum absolute atomic E-state index is 8.97. The maximum Gasteiger partial charge on any atom is 0.125 e. The van der Waals surface area contributed by atoms with Gasteiger partial charge in [-0.1, -0.05) is 6.58 Å². The van der Waals surface area contributed by atoms with Gasteiger partial charge in [0.15, 0.2) is 0 Å². The Balaban J connectivity index is 2.24. The molecule has 4 heteroatoms. The van der Waals surface area contributed by atoms with Crippen molar-refractivity contribution in [1.82, 2.24) is 4.90 Å². The van der Waals surface area contributed by atoms with Crippen LogP contribution < -0.4 is 5.73 Å². The second-order valence-electron chi connectivity index (χ2n) is 2.99. The number of hydrogen-bond acceptors (Lipinski definition) is 4. The molecule has 1 aliphatic heterocycles. The summed E-state index contributed by atoms with van der Waals surface area (Å²) in [4.78, 5) is 2.17. The van der Waals surface area contributed by atoms with E-state index in [2.05, 4.69) is 11.5 Å². The molecule has 1 heterocycles. The molecule has 0 aromatic heterocycles. The van der Waals surface area contributed by atoms with Crippen LogP contribution in [0.25, 0.3) is 0 Å². The fourth-order valence-electron chi connectivity index (χ4n) is 1.14. The Bertz CT molecular complexity index is 153. The minimum atomic E-state index is -0.896. The van der Waals surface area contributed by atoms with Gasteiger partial charge in [-0.05, 0) is 5.57 Å². The van der Waals surface area contributed by atoms with E-state index in [9.17, 15) is 0 Å². The largest absolute Gasteiger partial charge is 0.379 e. The van der Waals surface area contributed by atoms with Crippen LogP contribution in [0.4, 0.5) is 0 Å². The zero-order valence-electron chi connectivity index (χ0n) is 7.20. The van der Waals surface area contributed by atoms with Gasteiger partial charge in [-0.2, -0.15) is 0 Å². The molecule has 0 spiro atoms. The highest BCUT2D eigenvalue weighted by molar-refractivity contribution is 5.02. The summed E-state index contributed by atoms with van der Waals surface area (Å²) >= 11 is 0. The van der Waals surface area contributed by atoms with Crippen LogP contribution in [0.5, 0.6) is 0 Å². The van der Waals surface area contributed by atoms with Crippen LogP contribution >= 0.6 is 0 Å². The molecule has 3 N–H and O–H groups in total. The first-order valence-electron chi connectivity index (χ1n) is 4.11. The van der Waals surface area contributed by atoms with Gasteiger partial charge in [-0.25, -0.2) is 0 Å². The van der Waals surface area contributed by atoms with Crippen molar-refractivity contribution in [2.45, 2.75) is 6.23 Å². The minimum absolute atomic E-state index is 0.664. The highest BCUT2D eigenvalue weighted by Crippen LogP contribution is 2.02. The topological polar surface area (TPSA) is 58.7 Å². The van der Waals surface area contributed by atoms with Gasteiger partial charge in [-0.3, -0.25) is 4.90 Å². The predicted molar refractivity (Wildman–Crippen MR) is 46.6 cm³/mol. The van der Waals surface area contributed by atoms with Crippen molar-refractivity contribution in [1.29, 1.82) is 0 Å². The molecule has 4 nitrogen and oxygen atoms in total. The molecule has 1 aliphatic rings. The minimum Gasteiger partial charge on any atom is -0.379 e. The number of nitrogens with two attached hydrogens (primary N) is 1.